The first-order valence-electron chi connectivity index (χ1n) is 17.0. The number of benzene rings is 4. The monoisotopic (exact) mass is 664 g/mol. The molecule has 2 fully saturated rings. The Morgan fingerprint density at radius 3 is 2.44 bits per heavy atom. The van der Waals surface area contributed by atoms with Gasteiger partial charge in [-0.15, -0.1) is 0 Å². The Balaban J connectivity index is 1.23. The van der Waals surface area contributed by atoms with E-state index in [1.165, 1.54) is 42.7 Å². The molecule has 0 unspecified atom stereocenters. The van der Waals surface area contributed by atoms with Crippen LogP contribution in [0.1, 0.15) is 58.9 Å². The summed E-state index contributed by atoms with van der Waals surface area (Å²) < 4.78 is 44.9. The van der Waals surface area contributed by atoms with Gasteiger partial charge in [0.25, 0.3) is 0 Å². The number of rotatable bonds is 7. The number of likely N-dealkylation sites (tertiary alicyclic amines) is 1. The van der Waals surface area contributed by atoms with Gasteiger partial charge >= 0.3 is 0 Å². The minimum Gasteiger partial charge on any atom is -0.504 e. The van der Waals surface area contributed by atoms with Crippen molar-refractivity contribution in [3.8, 4) is 11.5 Å². The van der Waals surface area contributed by atoms with Crippen LogP contribution in [0.5, 0.6) is 11.5 Å². The first kappa shape index (κ1) is 29.0. The molecule has 4 aromatic carbocycles. The van der Waals surface area contributed by atoms with Gasteiger partial charge in [-0.1, -0.05) is 41.9 Å². The molecule has 2 aliphatic heterocycles. The zero-order valence-electron chi connectivity index (χ0n) is 26.4. The largest absolute Gasteiger partial charge is 0.504 e. The molecule has 5 nitrogen and oxygen atoms in total. The second-order valence-corrected chi connectivity index (χ2v) is 15.0. The summed E-state index contributed by atoms with van der Waals surface area (Å²) in [5, 5.41) is 13.1. The van der Waals surface area contributed by atoms with Crippen LogP contribution in [0.25, 0.3) is 10.9 Å². The third kappa shape index (κ3) is 4.01. The Bertz CT molecular complexity index is 2110. The molecule has 5 aliphatic rings. The SMILES string of the molecule is Oc1ccc2c3c1O[C@H]1c4c(c5cc(Cl)ccc5n4Cc4ccc(F)cc4)C[C@@]4(OCc5ccc(F)cc5)[C@@H](C2)N(CC2CC2)CC[C@]314. The second kappa shape index (κ2) is 10.3. The Labute approximate surface area is 282 Å². The Kier molecular flexibility index (Phi) is 6.23. The molecule has 1 saturated carbocycles. The lowest BCUT2D eigenvalue weighted by molar-refractivity contribution is -0.211. The van der Waals surface area contributed by atoms with Gasteiger partial charge in [0.05, 0.1) is 17.7 Å². The van der Waals surface area contributed by atoms with Gasteiger partial charge in [0.1, 0.15) is 17.2 Å². The van der Waals surface area contributed by atoms with Gasteiger partial charge in [-0.2, -0.15) is 0 Å². The number of nitrogens with zero attached hydrogens (tertiary/aromatic N) is 2. The van der Waals surface area contributed by atoms with E-state index in [9.17, 15) is 13.9 Å². The molecule has 5 aromatic rings. The van der Waals surface area contributed by atoms with Crippen LogP contribution in [0, 0.1) is 17.6 Å². The van der Waals surface area contributed by atoms with Crippen molar-refractivity contribution in [2.45, 2.75) is 68.4 Å². The zero-order chi connectivity index (χ0) is 32.4. The third-order valence-electron chi connectivity index (χ3n) is 12.0. The number of ether oxygens (including phenoxy) is 2. The lowest BCUT2D eigenvalue weighted by Crippen LogP contribution is -2.75. The van der Waals surface area contributed by atoms with Crippen LogP contribution in [-0.4, -0.2) is 39.3 Å². The maximum absolute atomic E-state index is 14.0. The minimum absolute atomic E-state index is 0.0734. The van der Waals surface area contributed by atoms with E-state index < -0.39 is 17.1 Å². The van der Waals surface area contributed by atoms with Crippen molar-refractivity contribution in [2.75, 3.05) is 13.1 Å². The van der Waals surface area contributed by atoms with Gasteiger partial charge in [0.15, 0.2) is 17.6 Å². The summed E-state index contributed by atoms with van der Waals surface area (Å²) in [7, 11) is 0. The Morgan fingerprint density at radius 1 is 0.938 bits per heavy atom. The van der Waals surface area contributed by atoms with Gasteiger partial charge < -0.3 is 19.1 Å². The molecule has 10 rings (SSSR count). The number of hydrogen-bond acceptors (Lipinski definition) is 4. The lowest BCUT2D eigenvalue weighted by Gasteiger charge is -2.64. The van der Waals surface area contributed by atoms with Crippen molar-refractivity contribution in [3.63, 3.8) is 0 Å². The summed E-state index contributed by atoms with van der Waals surface area (Å²) in [5.41, 5.74) is 6.15. The standard InChI is InChI=1S/C40H35ClF2N2O3/c41-27-8-13-32-30(18-27)31-19-40(47-22-25-5-11-29(43)12-6-25)34-17-26-7-14-33(46)37-35(26)39(40,15-16-44(34)20-23-1-2-23)38(48-37)36(31)45(32)21-24-3-9-28(42)10-4-24/h3-14,18,23,34,38,46H,1-2,15-17,19-22H2/t34-,38+,39+,40-/m1/s1. The molecule has 8 heteroatoms. The van der Waals surface area contributed by atoms with Crippen LogP contribution >= 0.6 is 11.6 Å². The fourth-order valence-electron chi connectivity index (χ4n) is 9.80. The first-order valence-corrected chi connectivity index (χ1v) is 17.4. The van der Waals surface area contributed by atoms with Gasteiger partial charge in [0, 0.05) is 47.0 Å². The van der Waals surface area contributed by atoms with E-state index in [-0.39, 0.29) is 23.4 Å². The van der Waals surface area contributed by atoms with E-state index in [2.05, 4.69) is 21.6 Å². The number of aromatic nitrogens is 1. The van der Waals surface area contributed by atoms with E-state index in [0.717, 1.165) is 64.8 Å². The fraction of sp³-hybridized carbons (Fsp3) is 0.350. The van der Waals surface area contributed by atoms with Crippen molar-refractivity contribution in [2.24, 2.45) is 5.92 Å². The minimum atomic E-state index is -0.699. The lowest BCUT2D eigenvalue weighted by atomic mass is 9.48. The fourth-order valence-corrected chi connectivity index (χ4v) is 9.98. The molecular weight excluding hydrogens is 630 g/mol. The van der Waals surface area contributed by atoms with Gasteiger partial charge in [-0.25, -0.2) is 8.78 Å². The highest BCUT2D eigenvalue weighted by molar-refractivity contribution is 6.31. The van der Waals surface area contributed by atoms with Crippen molar-refractivity contribution in [3.05, 3.63) is 129 Å². The smallest absolute Gasteiger partial charge is 0.166 e. The second-order valence-electron chi connectivity index (χ2n) is 14.5. The summed E-state index contributed by atoms with van der Waals surface area (Å²) in [6.45, 7) is 2.81. The summed E-state index contributed by atoms with van der Waals surface area (Å²) in [6.07, 6.45) is 4.33. The maximum atomic E-state index is 14.0. The summed E-state index contributed by atoms with van der Waals surface area (Å²) in [6, 6.07) is 23.3. The predicted molar refractivity (Wildman–Crippen MR) is 180 cm³/mol. The van der Waals surface area contributed by atoms with Crippen LogP contribution in [0.4, 0.5) is 8.78 Å². The van der Waals surface area contributed by atoms with E-state index in [4.69, 9.17) is 21.1 Å². The predicted octanol–water partition coefficient (Wildman–Crippen LogP) is 8.25. The van der Waals surface area contributed by atoms with Crippen LogP contribution in [-0.2, 0) is 36.1 Å². The molecule has 1 saturated heterocycles. The number of phenolic OH excluding ortho intramolecular Hbond substituents is 1. The Hall–Kier alpha value is -3.91. The molecule has 48 heavy (non-hydrogen) atoms. The van der Waals surface area contributed by atoms with Crippen LogP contribution < -0.4 is 4.74 Å². The highest BCUT2D eigenvalue weighted by atomic mass is 35.5. The molecule has 244 valence electrons. The van der Waals surface area contributed by atoms with Gasteiger partial charge in [-0.05, 0) is 109 Å². The highest BCUT2D eigenvalue weighted by Crippen LogP contribution is 2.70. The van der Waals surface area contributed by atoms with Crippen LogP contribution in [0.15, 0.2) is 78.9 Å². The van der Waals surface area contributed by atoms with Crippen molar-refractivity contribution in [1.29, 1.82) is 0 Å². The molecule has 3 aliphatic carbocycles. The van der Waals surface area contributed by atoms with Gasteiger partial charge in [-0.3, -0.25) is 4.90 Å². The van der Waals surface area contributed by atoms with Gasteiger partial charge in [0.2, 0.25) is 0 Å². The molecule has 3 heterocycles. The molecule has 4 atom stereocenters. The summed E-state index contributed by atoms with van der Waals surface area (Å²) in [5.74, 6) is 0.874. The molecule has 0 radical (unpaired) electrons. The first-order chi connectivity index (χ1) is 23.3. The molecule has 1 N–H and O–H groups in total. The molecular formula is C40H35ClF2N2O3. The number of piperidine rings is 1. The molecule has 1 aromatic heterocycles. The van der Waals surface area contributed by atoms with E-state index in [1.54, 1.807) is 18.2 Å². The van der Waals surface area contributed by atoms with E-state index >= 15 is 0 Å². The number of hydrogen-bond donors (Lipinski definition) is 1. The maximum Gasteiger partial charge on any atom is 0.166 e. The average Bonchev–Trinajstić information content (AvgIpc) is 3.77. The van der Waals surface area contributed by atoms with E-state index in [1.807, 2.05) is 24.3 Å². The van der Waals surface area contributed by atoms with E-state index in [0.29, 0.717) is 36.3 Å². The number of fused-ring (bicyclic) bond motifs is 4. The zero-order valence-corrected chi connectivity index (χ0v) is 27.1. The number of aromatic hydroxyl groups is 1. The third-order valence-corrected chi connectivity index (χ3v) is 12.2. The van der Waals surface area contributed by atoms with Crippen molar-refractivity contribution >= 4 is 22.5 Å². The summed E-state index contributed by atoms with van der Waals surface area (Å²) in [4.78, 5) is 2.67. The average molecular weight is 665 g/mol. The number of phenols is 1. The quantitative estimate of drug-likeness (QED) is 0.190. The molecule has 2 bridgehead atoms. The van der Waals surface area contributed by atoms with Crippen molar-refractivity contribution < 1.29 is 23.4 Å². The highest BCUT2D eigenvalue weighted by Gasteiger charge is 2.74. The topological polar surface area (TPSA) is 46.9 Å². The number of halogens is 3. The molecule has 0 amide bonds. The summed E-state index contributed by atoms with van der Waals surface area (Å²) >= 11 is 6.72. The van der Waals surface area contributed by atoms with Crippen LogP contribution in [0.2, 0.25) is 5.02 Å². The normalized spacial score (nSPS) is 26.7. The van der Waals surface area contributed by atoms with Crippen molar-refractivity contribution in [1.82, 2.24) is 9.47 Å². The molecule has 1 spiro atoms. The Morgan fingerprint density at radius 2 is 1.69 bits per heavy atom. The van der Waals surface area contributed by atoms with Crippen LogP contribution in [0.3, 0.4) is 0 Å².